The molecule has 9 heavy (non-hydrogen) atoms. The van der Waals surface area contributed by atoms with Crippen molar-refractivity contribution < 1.29 is 0 Å². The Balaban J connectivity index is 3.23. The zero-order valence-electron chi connectivity index (χ0n) is 6.22. The van der Waals surface area contributed by atoms with E-state index in [0.717, 1.165) is 5.21 Å². The van der Waals surface area contributed by atoms with Gasteiger partial charge in [0.2, 0.25) is 0 Å². The number of rotatable bonds is 4. The predicted octanol–water partition coefficient (Wildman–Crippen LogP) is 2.36. The summed E-state index contributed by atoms with van der Waals surface area (Å²) in [6, 6.07) is 0. The molecule has 0 aromatic rings. The van der Waals surface area contributed by atoms with E-state index in [-0.39, 0.29) is 0 Å². The number of unbranched alkanes of at least 4 members (excludes halogenated alkanes) is 1. The average molecular weight is 187 g/mol. The monoisotopic (exact) mass is 187 g/mol. The molecule has 1 nitrogen and oxygen atoms in total. The van der Waals surface area contributed by atoms with E-state index < -0.39 is 14.7 Å². The van der Waals surface area contributed by atoms with Gasteiger partial charge in [0.05, 0.1) is 0 Å². The van der Waals surface area contributed by atoms with Gasteiger partial charge >= 0.3 is 61.9 Å². The fraction of sp³-hybridized carbons (Fsp3) is 0.857. The van der Waals surface area contributed by atoms with Crippen LogP contribution < -0.4 is 0 Å². The molecule has 0 amide bonds. The summed E-state index contributed by atoms with van der Waals surface area (Å²) in [5.41, 5.74) is 0. The Labute approximate surface area is 62.3 Å². The minimum atomic E-state index is -0.965. The summed E-state index contributed by atoms with van der Waals surface area (Å²) < 4.78 is 0. The molecule has 0 aliphatic heterocycles. The summed E-state index contributed by atoms with van der Waals surface area (Å²) in [7, 11) is 0. The third-order valence-electron chi connectivity index (χ3n) is 1.30. The van der Waals surface area contributed by atoms with E-state index in [1.807, 2.05) is 0 Å². The molecule has 0 spiro atoms. The molecule has 52 valence electrons. The van der Waals surface area contributed by atoms with Gasteiger partial charge in [-0.3, -0.25) is 0 Å². The second-order valence-corrected chi connectivity index (χ2v) is 6.98. The molecule has 0 radical (unpaired) electrons. The number of nitrogens with zero attached hydrogens (tertiary/aromatic N) is 1. The standard InChI is InChI=1S/C7H14AsN/c1-3-5-6-8(4-2)7-9/h3-6H2,1-2H3. The molecule has 0 rings (SSSR count). The van der Waals surface area contributed by atoms with Gasteiger partial charge in [-0.1, -0.05) is 0 Å². The van der Waals surface area contributed by atoms with Crippen LogP contribution in [0.4, 0.5) is 0 Å². The van der Waals surface area contributed by atoms with Gasteiger partial charge in [-0.05, 0) is 0 Å². The van der Waals surface area contributed by atoms with E-state index in [4.69, 9.17) is 5.26 Å². The van der Waals surface area contributed by atoms with Crippen LogP contribution >= 0.6 is 0 Å². The first kappa shape index (κ1) is 9.05. The van der Waals surface area contributed by atoms with Gasteiger partial charge < -0.3 is 0 Å². The van der Waals surface area contributed by atoms with Crippen molar-refractivity contribution in [2.45, 2.75) is 37.1 Å². The first-order chi connectivity index (χ1) is 4.35. The van der Waals surface area contributed by atoms with E-state index in [0.29, 0.717) is 0 Å². The van der Waals surface area contributed by atoms with Gasteiger partial charge in [0.25, 0.3) is 0 Å². The van der Waals surface area contributed by atoms with Gasteiger partial charge in [0.15, 0.2) is 0 Å². The molecule has 0 fully saturated rings. The number of hydrogen-bond donors (Lipinski definition) is 0. The summed E-state index contributed by atoms with van der Waals surface area (Å²) in [6.45, 7) is 4.32. The molecule has 0 heterocycles. The maximum absolute atomic E-state index is 8.57. The third kappa shape index (κ3) is 4.55. The van der Waals surface area contributed by atoms with Gasteiger partial charge in [-0.15, -0.1) is 0 Å². The Morgan fingerprint density at radius 2 is 2.11 bits per heavy atom. The molecule has 0 aromatic carbocycles. The third-order valence-corrected chi connectivity index (χ3v) is 5.30. The van der Waals surface area contributed by atoms with E-state index in [1.165, 1.54) is 18.1 Å². The SMILES string of the molecule is CCCC[As](C#N)CC. The Bertz CT molecular complexity index is 95.6. The van der Waals surface area contributed by atoms with Crippen molar-refractivity contribution in [3.63, 3.8) is 0 Å². The average Bonchev–Trinajstić information content (AvgIpc) is 1.91. The van der Waals surface area contributed by atoms with Crippen LogP contribution in [0.15, 0.2) is 0 Å². The molecular formula is C7H14AsN. The second-order valence-electron chi connectivity index (χ2n) is 2.03. The fourth-order valence-electron chi connectivity index (χ4n) is 0.628. The van der Waals surface area contributed by atoms with Crippen LogP contribution in [0.2, 0.25) is 10.4 Å². The summed E-state index contributed by atoms with van der Waals surface area (Å²) in [5, 5.41) is 11.0. The molecule has 0 N–H and O–H groups in total. The number of hydrogen-bond acceptors (Lipinski definition) is 1. The van der Waals surface area contributed by atoms with Crippen molar-refractivity contribution in [3.05, 3.63) is 0 Å². The molecule has 0 saturated carbocycles. The predicted molar refractivity (Wildman–Crippen MR) is 41.6 cm³/mol. The van der Waals surface area contributed by atoms with Crippen molar-refractivity contribution in [2.24, 2.45) is 0 Å². The normalized spacial score (nSPS) is 12.6. The molecule has 1 unspecified atom stereocenters. The second kappa shape index (κ2) is 6.17. The molecule has 1 atom stereocenters. The van der Waals surface area contributed by atoms with Gasteiger partial charge in [-0.25, -0.2) is 0 Å². The molecule has 0 saturated heterocycles. The Kier molecular flexibility index (Phi) is 6.21. The summed E-state index contributed by atoms with van der Waals surface area (Å²) in [6.07, 6.45) is 2.51. The Morgan fingerprint density at radius 3 is 2.44 bits per heavy atom. The topological polar surface area (TPSA) is 23.8 Å². The summed E-state index contributed by atoms with van der Waals surface area (Å²) in [4.78, 5) is 2.43. The van der Waals surface area contributed by atoms with Crippen LogP contribution in [0.1, 0.15) is 26.7 Å². The van der Waals surface area contributed by atoms with E-state index in [9.17, 15) is 0 Å². The van der Waals surface area contributed by atoms with Gasteiger partial charge in [0, 0.05) is 0 Å². The Morgan fingerprint density at radius 1 is 1.44 bits per heavy atom. The zero-order chi connectivity index (χ0) is 7.11. The van der Waals surface area contributed by atoms with Crippen molar-refractivity contribution in [2.75, 3.05) is 0 Å². The molecule has 0 aromatic heterocycles. The first-order valence-corrected chi connectivity index (χ1v) is 7.09. The fourth-order valence-corrected chi connectivity index (χ4v) is 3.26. The van der Waals surface area contributed by atoms with Gasteiger partial charge in [-0.2, -0.15) is 0 Å². The van der Waals surface area contributed by atoms with Crippen LogP contribution in [0.5, 0.6) is 0 Å². The van der Waals surface area contributed by atoms with Crippen LogP contribution in [0, 0.1) is 10.1 Å². The van der Waals surface area contributed by atoms with Crippen molar-refractivity contribution in [1.82, 2.24) is 0 Å². The summed E-state index contributed by atoms with van der Waals surface area (Å²) in [5.74, 6) is 0. The van der Waals surface area contributed by atoms with Crippen LogP contribution in [-0.4, -0.2) is 14.7 Å². The van der Waals surface area contributed by atoms with Crippen LogP contribution in [0.25, 0.3) is 0 Å². The maximum atomic E-state index is 8.57. The van der Waals surface area contributed by atoms with Crippen molar-refractivity contribution >= 4 is 14.7 Å². The van der Waals surface area contributed by atoms with Crippen molar-refractivity contribution in [1.29, 1.82) is 5.26 Å². The molecular weight excluding hydrogens is 173 g/mol. The summed E-state index contributed by atoms with van der Waals surface area (Å²) >= 11 is -0.965. The van der Waals surface area contributed by atoms with E-state index in [1.54, 1.807) is 0 Å². The first-order valence-electron chi connectivity index (χ1n) is 3.49. The van der Waals surface area contributed by atoms with E-state index >= 15 is 0 Å². The van der Waals surface area contributed by atoms with Gasteiger partial charge in [0.1, 0.15) is 0 Å². The van der Waals surface area contributed by atoms with E-state index in [2.05, 4.69) is 18.7 Å². The molecule has 2 heteroatoms. The zero-order valence-corrected chi connectivity index (χ0v) is 8.10. The molecule has 0 aliphatic carbocycles. The quantitative estimate of drug-likeness (QED) is 0.620. The minimum absolute atomic E-state index is 0.965. The van der Waals surface area contributed by atoms with Crippen molar-refractivity contribution in [3.8, 4) is 4.86 Å². The number of nitriles is 1. The van der Waals surface area contributed by atoms with Crippen LogP contribution in [-0.2, 0) is 0 Å². The Hall–Kier alpha value is 0.0484. The molecule has 0 bridgehead atoms. The van der Waals surface area contributed by atoms with Crippen LogP contribution in [0.3, 0.4) is 0 Å². The molecule has 0 aliphatic rings.